The van der Waals surface area contributed by atoms with Gasteiger partial charge in [0.2, 0.25) is 0 Å². The van der Waals surface area contributed by atoms with Crippen LogP contribution < -0.4 is 15.4 Å². The highest BCUT2D eigenvalue weighted by molar-refractivity contribution is 5.94. The quantitative estimate of drug-likeness (QED) is 0.825. The average molecular weight is 299 g/mol. The Morgan fingerprint density at radius 1 is 1.23 bits per heavy atom. The minimum Gasteiger partial charge on any atom is -0.497 e. The van der Waals surface area contributed by atoms with Crippen molar-refractivity contribution in [3.8, 4) is 5.75 Å². The highest BCUT2D eigenvalue weighted by Crippen LogP contribution is 2.14. The van der Waals surface area contributed by atoms with Gasteiger partial charge in [0.1, 0.15) is 5.75 Å². The molecule has 1 amide bonds. The molecule has 0 aliphatic rings. The van der Waals surface area contributed by atoms with Crippen molar-refractivity contribution in [1.29, 1.82) is 0 Å². The maximum absolute atomic E-state index is 11.9. The van der Waals surface area contributed by atoms with Crippen molar-refractivity contribution in [3.63, 3.8) is 0 Å². The Morgan fingerprint density at radius 3 is 2.68 bits per heavy atom. The summed E-state index contributed by atoms with van der Waals surface area (Å²) in [6.45, 7) is 3.35. The lowest BCUT2D eigenvalue weighted by molar-refractivity contribution is 0.0953. The molecule has 1 aromatic heterocycles. The molecule has 0 aliphatic carbocycles. The number of aromatic nitrogens is 1. The lowest BCUT2D eigenvalue weighted by Gasteiger charge is -2.09. The molecule has 2 N–H and O–H groups in total. The zero-order valence-electron chi connectivity index (χ0n) is 12.9. The number of hydrogen-bond acceptors (Lipinski definition) is 4. The summed E-state index contributed by atoms with van der Waals surface area (Å²) in [6.07, 6.45) is 4.19. The first-order valence-corrected chi connectivity index (χ1v) is 7.33. The van der Waals surface area contributed by atoms with Crippen LogP contribution in [0.15, 0.2) is 42.7 Å². The summed E-state index contributed by atoms with van der Waals surface area (Å²) in [7, 11) is 1.65. The third kappa shape index (κ3) is 4.48. The van der Waals surface area contributed by atoms with Crippen molar-refractivity contribution >= 4 is 11.6 Å². The third-order valence-electron chi connectivity index (χ3n) is 3.19. The first-order valence-electron chi connectivity index (χ1n) is 7.33. The number of hydrogen-bond donors (Lipinski definition) is 2. The van der Waals surface area contributed by atoms with Gasteiger partial charge in [-0.15, -0.1) is 0 Å². The summed E-state index contributed by atoms with van der Waals surface area (Å²) in [5.41, 5.74) is 2.51. The van der Waals surface area contributed by atoms with E-state index in [4.69, 9.17) is 4.74 Å². The molecule has 0 saturated carbocycles. The molecular formula is C17H21N3O2. The second-order valence-electron chi connectivity index (χ2n) is 4.92. The zero-order chi connectivity index (χ0) is 15.8. The number of anilines is 1. The van der Waals surface area contributed by atoms with Gasteiger partial charge in [-0.1, -0.05) is 19.1 Å². The Kier molecular flexibility index (Phi) is 5.77. The van der Waals surface area contributed by atoms with Crippen LogP contribution in [0.4, 0.5) is 5.69 Å². The first kappa shape index (κ1) is 15.8. The molecule has 1 heterocycles. The number of benzene rings is 1. The van der Waals surface area contributed by atoms with Crippen molar-refractivity contribution in [2.75, 3.05) is 19.0 Å². The number of rotatable bonds is 7. The molecule has 2 rings (SSSR count). The van der Waals surface area contributed by atoms with Gasteiger partial charge in [0.15, 0.2) is 0 Å². The Labute approximate surface area is 130 Å². The largest absolute Gasteiger partial charge is 0.497 e. The van der Waals surface area contributed by atoms with Crippen LogP contribution in [0.1, 0.15) is 29.3 Å². The molecule has 5 nitrogen and oxygen atoms in total. The van der Waals surface area contributed by atoms with E-state index in [-0.39, 0.29) is 5.91 Å². The molecule has 0 bridgehead atoms. The molecule has 2 aromatic rings. The number of nitrogens with one attached hydrogen (secondary N) is 2. The number of pyridine rings is 1. The van der Waals surface area contributed by atoms with Crippen molar-refractivity contribution in [2.24, 2.45) is 0 Å². The van der Waals surface area contributed by atoms with E-state index in [0.717, 1.165) is 23.4 Å². The number of carbonyl (C=O) groups is 1. The van der Waals surface area contributed by atoms with Crippen LogP contribution in [0.25, 0.3) is 0 Å². The lowest BCUT2D eigenvalue weighted by Crippen LogP contribution is -2.24. The number of nitrogens with zero attached hydrogens (tertiary/aromatic N) is 1. The van der Waals surface area contributed by atoms with Gasteiger partial charge < -0.3 is 15.4 Å². The first-order chi connectivity index (χ1) is 10.7. The van der Waals surface area contributed by atoms with Crippen molar-refractivity contribution in [2.45, 2.75) is 19.9 Å². The molecular weight excluding hydrogens is 278 g/mol. The SMILES string of the molecule is CCCNC(=O)c1cncc(NCc2ccc(OC)cc2)c1. The lowest BCUT2D eigenvalue weighted by atomic mass is 10.2. The van der Waals surface area contributed by atoms with Gasteiger partial charge in [-0.3, -0.25) is 9.78 Å². The van der Waals surface area contributed by atoms with E-state index in [9.17, 15) is 4.79 Å². The van der Waals surface area contributed by atoms with Crippen LogP contribution in [0.3, 0.4) is 0 Å². The van der Waals surface area contributed by atoms with Crippen molar-refractivity contribution < 1.29 is 9.53 Å². The molecule has 0 fully saturated rings. The zero-order valence-corrected chi connectivity index (χ0v) is 12.9. The van der Waals surface area contributed by atoms with E-state index >= 15 is 0 Å². The fourth-order valence-corrected chi connectivity index (χ4v) is 1.95. The molecule has 22 heavy (non-hydrogen) atoms. The third-order valence-corrected chi connectivity index (χ3v) is 3.19. The van der Waals surface area contributed by atoms with E-state index in [1.165, 1.54) is 0 Å². The monoisotopic (exact) mass is 299 g/mol. The molecule has 0 saturated heterocycles. The van der Waals surface area contributed by atoms with Crippen molar-refractivity contribution in [3.05, 3.63) is 53.9 Å². The second kappa shape index (κ2) is 8.02. The minimum absolute atomic E-state index is 0.0950. The van der Waals surface area contributed by atoms with Gasteiger partial charge in [0.05, 0.1) is 18.4 Å². The van der Waals surface area contributed by atoms with E-state index < -0.39 is 0 Å². The smallest absolute Gasteiger partial charge is 0.252 e. The predicted molar refractivity (Wildman–Crippen MR) is 87.2 cm³/mol. The number of carbonyl (C=O) groups excluding carboxylic acids is 1. The highest BCUT2D eigenvalue weighted by atomic mass is 16.5. The van der Waals surface area contributed by atoms with Gasteiger partial charge in [0, 0.05) is 25.5 Å². The minimum atomic E-state index is -0.0950. The number of methoxy groups -OCH3 is 1. The number of ether oxygens (including phenoxy) is 1. The Hall–Kier alpha value is -2.56. The maximum atomic E-state index is 11.9. The summed E-state index contributed by atoms with van der Waals surface area (Å²) in [5, 5.41) is 6.11. The van der Waals surface area contributed by atoms with Crippen LogP contribution in [-0.4, -0.2) is 24.5 Å². The molecule has 116 valence electrons. The van der Waals surface area contributed by atoms with Crippen LogP contribution >= 0.6 is 0 Å². The van der Waals surface area contributed by atoms with Crippen LogP contribution in [-0.2, 0) is 6.54 Å². The molecule has 0 aliphatic heterocycles. The van der Waals surface area contributed by atoms with E-state index in [0.29, 0.717) is 18.7 Å². The fourth-order valence-electron chi connectivity index (χ4n) is 1.95. The summed E-state index contributed by atoms with van der Waals surface area (Å²) >= 11 is 0. The molecule has 5 heteroatoms. The summed E-state index contributed by atoms with van der Waals surface area (Å²) in [6, 6.07) is 9.64. The topological polar surface area (TPSA) is 63.2 Å². The molecule has 0 spiro atoms. The van der Waals surface area contributed by atoms with Gasteiger partial charge in [-0.2, -0.15) is 0 Å². The summed E-state index contributed by atoms with van der Waals surface area (Å²) < 4.78 is 5.13. The van der Waals surface area contributed by atoms with Gasteiger partial charge >= 0.3 is 0 Å². The standard InChI is InChI=1S/C17H21N3O2/c1-3-8-19-17(21)14-9-15(12-18-11-14)20-10-13-4-6-16(22-2)7-5-13/h4-7,9,11-12,20H,3,8,10H2,1-2H3,(H,19,21). The number of amides is 1. The Balaban J connectivity index is 1.96. The average Bonchev–Trinajstić information content (AvgIpc) is 2.58. The van der Waals surface area contributed by atoms with Crippen LogP contribution in [0.2, 0.25) is 0 Å². The molecule has 0 radical (unpaired) electrons. The van der Waals surface area contributed by atoms with Gasteiger partial charge in [-0.05, 0) is 30.2 Å². The second-order valence-corrected chi connectivity index (χ2v) is 4.92. The molecule has 0 atom stereocenters. The fraction of sp³-hybridized carbons (Fsp3) is 0.294. The summed E-state index contributed by atoms with van der Waals surface area (Å²) in [4.78, 5) is 16.0. The van der Waals surface area contributed by atoms with Gasteiger partial charge in [-0.25, -0.2) is 0 Å². The molecule has 0 unspecified atom stereocenters. The Bertz CT molecular complexity index is 612. The predicted octanol–water partition coefficient (Wildman–Crippen LogP) is 2.84. The molecule has 1 aromatic carbocycles. The highest BCUT2D eigenvalue weighted by Gasteiger charge is 2.06. The summed E-state index contributed by atoms with van der Waals surface area (Å²) in [5.74, 6) is 0.738. The van der Waals surface area contributed by atoms with Crippen molar-refractivity contribution in [1.82, 2.24) is 10.3 Å². The van der Waals surface area contributed by atoms with E-state index in [1.54, 1.807) is 19.5 Å². The van der Waals surface area contributed by atoms with Crippen LogP contribution in [0.5, 0.6) is 5.75 Å². The maximum Gasteiger partial charge on any atom is 0.252 e. The normalized spacial score (nSPS) is 10.1. The van der Waals surface area contributed by atoms with Crippen LogP contribution in [0, 0.1) is 0 Å². The van der Waals surface area contributed by atoms with E-state index in [2.05, 4.69) is 15.6 Å². The van der Waals surface area contributed by atoms with E-state index in [1.807, 2.05) is 37.3 Å². The van der Waals surface area contributed by atoms with Gasteiger partial charge in [0.25, 0.3) is 5.91 Å². The Morgan fingerprint density at radius 2 is 2.00 bits per heavy atom.